The molecule has 1 atom stereocenters. The minimum absolute atomic E-state index is 0. The maximum absolute atomic E-state index is 10.6. The summed E-state index contributed by atoms with van der Waals surface area (Å²) in [5.41, 5.74) is 6.75. The first-order valence-electron chi connectivity index (χ1n) is 5.47. The van der Waals surface area contributed by atoms with Gasteiger partial charge in [-0.1, -0.05) is 17.7 Å². The number of nitrogens with zero attached hydrogens (tertiary/aromatic N) is 2. The van der Waals surface area contributed by atoms with Gasteiger partial charge in [0, 0.05) is 31.7 Å². The Bertz CT molecular complexity index is 442. The van der Waals surface area contributed by atoms with Crippen LogP contribution in [0.25, 0.3) is 0 Å². The van der Waals surface area contributed by atoms with Gasteiger partial charge in [0.2, 0.25) is 0 Å². The largest absolute Gasteiger partial charge is 0.326 e. The predicted molar refractivity (Wildman–Crippen MR) is 73.2 cm³/mol. The van der Waals surface area contributed by atoms with Crippen LogP contribution in [-0.2, 0) is 6.54 Å². The van der Waals surface area contributed by atoms with Crippen molar-refractivity contribution in [3.63, 3.8) is 0 Å². The molecule has 0 aromatic heterocycles. The van der Waals surface area contributed by atoms with E-state index in [1.54, 1.807) is 12.1 Å². The van der Waals surface area contributed by atoms with Crippen LogP contribution in [0.3, 0.4) is 0 Å². The molecule has 0 amide bonds. The van der Waals surface area contributed by atoms with E-state index in [2.05, 4.69) is 4.90 Å². The van der Waals surface area contributed by atoms with Crippen molar-refractivity contribution < 1.29 is 4.92 Å². The topological polar surface area (TPSA) is 72.4 Å². The summed E-state index contributed by atoms with van der Waals surface area (Å²) in [4.78, 5) is 12.4. The van der Waals surface area contributed by atoms with Crippen LogP contribution in [0.2, 0.25) is 5.02 Å². The second-order valence-electron chi connectivity index (χ2n) is 4.33. The quantitative estimate of drug-likeness (QED) is 0.684. The van der Waals surface area contributed by atoms with E-state index >= 15 is 0 Å². The highest BCUT2D eigenvalue weighted by Gasteiger charge is 2.20. The summed E-state index contributed by atoms with van der Waals surface area (Å²) in [5, 5.41) is 10.8. The number of hydrogen-bond acceptors (Lipinski definition) is 4. The molecule has 0 aliphatic carbocycles. The number of benzene rings is 1. The van der Waals surface area contributed by atoms with Crippen LogP contribution in [-0.4, -0.2) is 29.0 Å². The molecule has 2 rings (SSSR count). The Balaban J connectivity index is 0.00000162. The van der Waals surface area contributed by atoms with Gasteiger partial charge in [-0.05, 0) is 18.1 Å². The zero-order valence-electron chi connectivity index (χ0n) is 9.71. The molecule has 1 aromatic carbocycles. The molecule has 1 heterocycles. The molecule has 100 valence electrons. The van der Waals surface area contributed by atoms with Crippen LogP contribution >= 0.6 is 24.0 Å². The third-order valence-electron chi connectivity index (χ3n) is 2.92. The van der Waals surface area contributed by atoms with Gasteiger partial charge in [-0.2, -0.15) is 0 Å². The third kappa shape index (κ3) is 3.55. The Morgan fingerprint density at radius 1 is 1.56 bits per heavy atom. The van der Waals surface area contributed by atoms with Crippen LogP contribution in [0.4, 0.5) is 5.69 Å². The van der Waals surface area contributed by atoms with Gasteiger partial charge in [0.1, 0.15) is 5.02 Å². The number of halogens is 2. The number of rotatable bonds is 3. The van der Waals surface area contributed by atoms with Gasteiger partial charge < -0.3 is 5.73 Å². The molecular formula is C11H15Cl2N3O2. The van der Waals surface area contributed by atoms with Gasteiger partial charge in [0.15, 0.2) is 0 Å². The van der Waals surface area contributed by atoms with Crippen molar-refractivity contribution in [3.05, 3.63) is 38.9 Å². The van der Waals surface area contributed by atoms with E-state index in [0.717, 1.165) is 31.6 Å². The molecular weight excluding hydrogens is 277 g/mol. The lowest BCUT2D eigenvalue weighted by Crippen LogP contribution is -2.26. The van der Waals surface area contributed by atoms with E-state index in [0.29, 0.717) is 0 Å². The smallest absolute Gasteiger partial charge is 0.287 e. The molecule has 1 saturated heterocycles. The summed E-state index contributed by atoms with van der Waals surface area (Å²) in [6, 6.07) is 5.09. The lowest BCUT2D eigenvalue weighted by atomic mass is 10.2. The molecule has 0 unspecified atom stereocenters. The highest BCUT2D eigenvalue weighted by molar-refractivity contribution is 6.32. The van der Waals surface area contributed by atoms with Gasteiger partial charge in [0.05, 0.1) is 4.92 Å². The average Bonchev–Trinajstić information content (AvgIpc) is 2.63. The number of nitrogens with two attached hydrogens (primary N) is 1. The van der Waals surface area contributed by atoms with Crippen molar-refractivity contribution >= 4 is 29.7 Å². The van der Waals surface area contributed by atoms with E-state index < -0.39 is 4.92 Å². The molecule has 18 heavy (non-hydrogen) atoms. The Morgan fingerprint density at radius 2 is 2.28 bits per heavy atom. The van der Waals surface area contributed by atoms with E-state index in [1.165, 1.54) is 6.07 Å². The Labute approximate surface area is 116 Å². The van der Waals surface area contributed by atoms with E-state index in [1.807, 2.05) is 0 Å². The van der Waals surface area contributed by atoms with E-state index in [9.17, 15) is 10.1 Å². The first-order valence-corrected chi connectivity index (χ1v) is 5.85. The van der Waals surface area contributed by atoms with Crippen molar-refractivity contribution in [2.24, 2.45) is 5.73 Å². The van der Waals surface area contributed by atoms with Crippen LogP contribution in [0.15, 0.2) is 18.2 Å². The first-order chi connectivity index (χ1) is 8.06. The van der Waals surface area contributed by atoms with E-state index in [4.69, 9.17) is 17.3 Å². The fraction of sp³-hybridized carbons (Fsp3) is 0.455. The molecule has 0 radical (unpaired) electrons. The first kappa shape index (κ1) is 15.2. The Hall–Kier alpha value is -0.880. The van der Waals surface area contributed by atoms with Crippen LogP contribution in [0.5, 0.6) is 0 Å². The maximum atomic E-state index is 10.6. The summed E-state index contributed by atoms with van der Waals surface area (Å²) in [6.45, 7) is 2.58. The molecule has 1 aromatic rings. The van der Waals surface area contributed by atoms with E-state index in [-0.39, 0.29) is 29.2 Å². The molecule has 5 nitrogen and oxygen atoms in total. The van der Waals surface area contributed by atoms with Crippen molar-refractivity contribution in [3.8, 4) is 0 Å². The lowest BCUT2D eigenvalue weighted by Gasteiger charge is -2.15. The predicted octanol–water partition coefficient (Wildman–Crippen LogP) is 2.20. The maximum Gasteiger partial charge on any atom is 0.287 e. The summed E-state index contributed by atoms with van der Waals surface area (Å²) >= 11 is 5.85. The molecule has 7 heteroatoms. The summed E-state index contributed by atoms with van der Waals surface area (Å²) < 4.78 is 0. The van der Waals surface area contributed by atoms with Crippen molar-refractivity contribution in [2.75, 3.05) is 13.1 Å². The van der Waals surface area contributed by atoms with Gasteiger partial charge in [-0.25, -0.2) is 0 Å². The number of hydrogen-bond donors (Lipinski definition) is 1. The van der Waals surface area contributed by atoms with Crippen LogP contribution in [0.1, 0.15) is 12.0 Å². The number of likely N-dealkylation sites (tertiary alicyclic amines) is 1. The normalized spacial score (nSPS) is 19.6. The van der Waals surface area contributed by atoms with Crippen LogP contribution in [0, 0.1) is 10.1 Å². The molecule has 2 N–H and O–H groups in total. The Kier molecular flexibility index (Phi) is 5.34. The van der Waals surface area contributed by atoms with Crippen LogP contribution < -0.4 is 5.73 Å². The van der Waals surface area contributed by atoms with Crippen molar-refractivity contribution in [1.29, 1.82) is 0 Å². The molecule has 0 saturated carbocycles. The zero-order valence-corrected chi connectivity index (χ0v) is 11.3. The SMILES string of the molecule is Cl.N[C@H]1CCN(Cc2ccc([N+](=O)[O-])c(Cl)c2)C1. The van der Waals surface area contributed by atoms with Gasteiger partial charge >= 0.3 is 0 Å². The molecule has 0 bridgehead atoms. The fourth-order valence-corrected chi connectivity index (χ4v) is 2.33. The average molecular weight is 292 g/mol. The van der Waals surface area contributed by atoms with Gasteiger partial charge in [-0.3, -0.25) is 15.0 Å². The molecule has 1 aliphatic heterocycles. The highest BCUT2D eigenvalue weighted by Crippen LogP contribution is 2.26. The lowest BCUT2D eigenvalue weighted by molar-refractivity contribution is -0.384. The molecule has 1 aliphatic rings. The number of nitro benzene ring substituents is 1. The monoisotopic (exact) mass is 291 g/mol. The second-order valence-corrected chi connectivity index (χ2v) is 4.73. The Morgan fingerprint density at radius 3 is 2.78 bits per heavy atom. The van der Waals surface area contributed by atoms with Crippen molar-refractivity contribution in [1.82, 2.24) is 4.90 Å². The van der Waals surface area contributed by atoms with Gasteiger partial charge in [-0.15, -0.1) is 12.4 Å². The number of nitro groups is 1. The third-order valence-corrected chi connectivity index (χ3v) is 3.23. The minimum Gasteiger partial charge on any atom is -0.326 e. The second kappa shape index (κ2) is 6.33. The molecule has 1 fully saturated rings. The summed E-state index contributed by atoms with van der Waals surface area (Å²) in [6.07, 6.45) is 1.00. The van der Waals surface area contributed by atoms with Gasteiger partial charge in [0.25, 0.3) is 5.69 Å². The minimum atomic E-state index is -0.474. The zero-order chi connectivity index (χ0) is 12.4. The standard InChI is InChI=1S/C11H14ClN3O2.ClH/c12-10-5-8(1-2-11(10)15(16)17)6-14-4-3-9(13)7-14;/h1-2,5,9H,3-4,6-7,13H2;1H/t9-;/m0./s1. The summed E-state index contributed by atoms with van der Waals surface area (Å²) in [7, 11) is 0. The highest BCUT2D eigenvalue weighted by atomic mass is 35.5. The fourth-order valence-electron chi connectivity index (χ4n) is 2.06. The van der Waals surface area contributed by atoms with Crippen molar-refractivity contribution in [2.45, 2.75) is 19.0 Å². The molecule has 0 spiro atoms. The summed E-state index contributed by atoms with van der Waals surface area (Å²) in [5.74, 6) is 0.